The van der Waals surface area contributed by atoms with Gasteiger partial charge in [0.2, 0.25) is 0 Å². The van der Waals surface area contributed by atoms with E-state index in [1.165, 1.54) is 76.4 Å². The molecule has 9 rings (SSSR count). The van der Waals surface area contributed by atoms with Crippen LogP contribution in [0.3, 0.4) is 0 Å². The largest absolute Gasteiger partial charge is 0.343 e. The molecule has 2 heteroatoms. The molecular weight excluding hydrogens is 532 g/mol. The summed E-state index contributed by atoms with van der Waals surface area (Å²) < 4.78 is 2.34. The Morgan fingerprint density at radius 2 is 1.09 bits per heavy atom. The lowest BCUT2D eigenvalue weighted by Crippen LogP contribution is -1.89. The van der Waals surface area contributed by atoms with E-state index in [1.807, 2.05) is 18.3 Å². The van der Waals surface area contributed by atoms with Crippen molar-refractivity contribution in [3.8, 4) is 33.5 Å². The highest BCUT2D eigenvalue weighted by molar-refractivity contribution is 6.18. The molecule has 0 atom stereocenters. The number of fused-ring (bicyclic) bond motifs is 8. The Balaban J connectivity index is 1.13. The van der Waals surface area contributed by atoms with E-state index < -0.39 is 0 Å². The monoisotopic (exact) mass is 560 g/mol. The van der Waals surface area contributed by atoms with Gasteiger partial charge in [0.15, 0.2) is 0 Å². The van der Waals surface area contributed by atoms with Gasteiger partial charge in [-0.1, -0.05) is 115 Å². The molecule has 0 aliphatic carbocycles. The molecule has 0 spiro atoms. The quantitative estimate of drug-likeness (QED) is 0.197. The summed E-state index contributed by atoms with van der Waals surface area (Å²) in [7, 11) is 2.18. The van der Waals surface area contributed by atoms with Crippen LogP contribution >= 0.6 is 0 Å². The molecule has 0 aliphatic rings. The summed E-state index contributed by atoms with van der Waals surface area (Å²) in [5.41, 5.74) is 9.57. The minimum absolute atomic E-state index is 0.994. The lowest BCUT2D eigenvalue weighted by Gasteiger charge is -2.12. The summed E-state index contributed by atoms with van der Waals surface area (Å²) in [4.78, 5) is 4.57. The van der Waals surface area contributed by atoms with Crippen molar-refractivity contribution in [1.82, 2.24) is 9.55 Å². The fourth-order valence-electron chi connectivity index (χ4n) is 7.06. The van der Waals surface area contributed by atoms with E-state index in [4.69, 9.17) is 0 Å². The number of hydrogen-bond donors (Lipinski definition) is 0. The second-order valence-corrected chi connectivity index (χ2v) is 11.7. The third kappa shape index (κ3) is 3.78. The van der Waals surface area contributed by atoms with E-state index >= 15 is 0 Å². The molecule has 2 nitrogen and oxygen atoms in total. The zero-order chi connectivity index (χ0) is 29.2. The summed E-state index contributed by atoms with van der Waals surface area (Å²) >= 11 is 0. The summed E-state index contributed by atoms with van der Waals surface area (Å²) in [5.74, 6) is 0. The standard InChI is InChI=1S/C42H28N2/c1-44-41-26-32(40-12-6-7-23-43-40)19-21-37(41)38-22-18-31-24-29(17-20-34(31)42(38)44)27-13-15-28(16-14-27)39-25-30-8-2-3-9-33(30)35-10-4-5-11-36(35)39/h2-26H,1H3. The summed E-state index contributed by atoms with van der Waals surface area (Å²) in [6, 6.07) is 53.0. The van der Waals surface area contributed by atoms with Crippen molar-refractivity contribution in [2.24, 2.45) is 7.05 Å². The van der Waals surface area contributed by atoms with Gasteiger partial charge >= 0.3 is 0 Å². The Labute approximate surface area is 255 Å². The number of aromatic nitrogens is 2. The van der Waals surface area contributed by atoms with E-state index in [0.29, 0.717) is 0 Å². The Hall–Kier alpha value is -5.73. The first kappa shape index (κ1) is 24.8. The molecule has 0 N–H and O–H groups in total. The van der Waals surface area contributed by atoms with Crippen molar-refractivity contribution in [3.05, 3.63) is 152 Å². The van der Waals surface area contributed by atoms with Gasteiger partial charge in [-0.3, -0.25) is 4.98 Å². The fraction of sp³-hybridized carbons (Fsp3) is 0.0238. The molecule has 44 heavy (non-hydrogen) atoms. The van der Waals surface area contributed by atoms with Gasteiger partial charge in [0.25, 0.3) is 0 Å². The van der Waals surface area contributed by atoms with Gasteiger partial charge in [-0.2, -0.15) is 0 Å². The number of rotatable bonds is 3. The molecule has 7 aromatic carbocycles. The van der Waals surface area contributed by atoms with E-state index in [0.717, 1.165) is 11.3 Å². The van der Waals surface area contributed by atoms with E-state index in [-0.39, 0.29) is 0 Å². The Bertz CT molecular complexity index is 2540. The molecule has 206 valence electrons. The maximum Gasteiger partial charge on any atom is 0.0702 e. The van der Waals surface area contributed by atoms with Gasteiger partial charge in [0.05, 0.1) is 11.2 Å². The van der Waals surface area contributed by atoms with Crippen molar-refractivity contribution < 1.29 is 0 Å². The van der Waals surface area contributed by atoms with E-state index in [2.05, 4.69) is 150 Å². The average molecular weight is 561 g/mol. The zero-order valence-electron chi connectivity index (χ0n) is 24.3. The molecule has 0 saturated carbocycles. The number of aryl methyl sites for hydroxylation is 1. The lowest BCUT2D eigenvalue weighted by molar-refractivity contribution is 1.02. The highest BCUT2D eigenvalue weighted by Crippen LogP contribution is 2.38. The number of benzene rings is 7. The minimum Gasteiger partial charge on any atom is -0.343 e. The summed E-state index contributed by atoms with van der Waals surface area (Å²) in [5, 5.41) is 10.2. The fourth-order valence-corrected chi connectivity index (χ4v) is 7.06. The average Bonchev–Trinajstić information content (AvgIpc) is 3.39. The van der Waals surface area contributed by atoms with E-state index in [9.17, 15) is 0 Å². The van der Waals surface area contributed by atoms with Crippen LogP contribution in [-0.4, -0.2) is 9.55 Å². The maximum atomic E-state index is 4.57. The van der Waals surface area contributed by atoms with Crippen LogP contribution in [0.5, 0.6) is 0 Å². The van der Waals surface area contributed by atoms with Gasteiger partial charge < -0.3 is 4.57 Å². The Morgan fingerprint density at radius 1 is 0.432 bits per heavy atom. The molecule has 0 unspecified atom stereocenters. The number of pyridine rings is 1. The van der Waals surface area contributed by atoms with Crippen LogP contribution in [0.25, 0.3) is 87.6 Å². The van der Waals surface area contributed by atoms with Gasteiger partial charge in [0, 0.05) is 40.5 Å². The van der Waals surface area contributed by atoms with Crippen LogP contribution in [0.1, 0.15) is 0 Å². The Morgan fingerprint density at radius 3 is 1.93 bits per heavy atom. The molecule has 0 amide bonds. The first-order valence-electron chi connectivity index (χ1n) is 15.1. The Kier molecular flexibility index (Phi) is 5.45. The van der Waals surface area contributed by atoms with Crippen molar-refractivity contribution >= 4 is 54.1 Å². The summed E-state index contributed by atoms with van der Waals surface area (Å²) in [6.45, 7) is 0. The van der Waals surface area contributed by atoms with Crippen LogP contribution in [0.2, 0.25) is 0 Å². The van der Waals surface area contributed by atoms with Crippen molar-refractivity contribution in [2.75, 3.05) is 0 Å². The molecule has 2 aromatic heterocycles. The molecule has 0 fully saturated rings. The molecule has 0 saturated heterocycles. The topological polar surface area (TPSA) is 17.8 Å². The van der Waals surface area contributed by atoms with Gasteiger partial charge in [-0.25, -0.2) is 0 Å². The zero-order valence-corrected chi connectivity index (χ0v) is 24.3. The second-order valence-electron chi connectivity index (χ2n) is 11.7. The first-order valence-corrected chi connectivity index (χ1v) is 15.1. The molecular formula is C42H28N2. The van der Waals surface area contributed by atoms with E-state index in [1.54, 1.807) is 0 Å². The third-order valence-corrected chi connectivity index (χ3v) is 9.23. The van der Waals surface area contributed by atoms with Gasteiger partial charge in [-0.15, -0.1) is 0 Å². The molecule has 0 bridgehead atoms. The maximum absolute atomic E-state index is 4.57. The third-order valence-electron chi connectivity index (χ3n) is 9.23. The lowest BCUT2D eigenvalue weighted by atomic mass is 9.92. The van der Waals surface area contributed by atoms with Gasteiger partial charge in [0.1, 0.15) is 0 Å². The van der Waals surface area contributed by atoms with Crippen molar-refractivity contribution in [2.45, 2.75) is 0 Å². The minimum atomic E-state index is 0.994. The van der Waals surface area contributed by atoms with Gasteiger partial charge in [-0.05, 0) is 79.5 Å². The SMILES string of the molecule is Cn1c2cc(-c3ccccn3)ccc2c2ccc3cc(-c4ccc(-c5cc6ccccc6c6ccccc56)cc4)ccc3c21. The van der Waals surface area contributed by atoms with Crippen molar-refractivity contribution in [1.29, 1.82) is 0 Å². The number of hydrogen-bond acceptors (Lipinski definition) is 1. The molecule has 2 heterocycles. The molecule has 9 aromatic rings. The van der Waals surface area contributed by atoms with Crippen molar-refractivity contribution in [3.63, 3.8) is 0 Å². The second kappa shape index (κ2) is 9.65. The molecule has 0 radical (unpaired) electrons. The first-order chi connectivity index (χ1) is 21.7. The highest BCUT2D eigenvalue weighted by Gasteiger charge is 2.14. The smallest absolute Gasteiger partial charge is 0.0702 e. The molecule has 0 aliphatic heterocycles. The predicted octanol–water partition coefficient (Wildman–Crippen LogP) is 11.2. The normalized spacial score (nSPS) is 11.8. The van der Waals surface area contributed by atoms with Crippen LogP contribution in [0.15, 0.2) is 152 Å². The highest BCUT2D eigenvalue weighted by atomic mass is 14.9. The van der Waals surface area contributed by atoms with Crippen LogP contribution in [0, 0.1) is 0 Å². The number of nitrogens with zero attached hydrogens (tertiary/aromatic N) is 2. The van der Waals surface area contributed by atoms with Crippen LogP contribution < -0.4 is 0 Å². The van der Waals surface area contributed by atoms with Crippen LogP contribution in [0.4, 0.5) is 0 Å². The summed E-state index contributed by atoms with van der Waals surface area (Å²) in [6.07, 6.45) is 1.85. The van der Waals surface area contributed by atoms with Crippen LogP contribution in [-0.2, 0) is 7.05 Å². The predicted molar refractivity (Wildman–Crippen MR) is 187 cm³/mol.